The molecule has 0 radical (unpaired) electrons. The molecule has 1 aliphatic carbocycles. The molecule has 1 aromatic rings. The molecule has 0 bridgehead atoms. The molecule has 1 N–H and O–H groups in total. The predicted octanol–water partition coefficient (Wildman–Crippen LogP) is 3.81. The topological polar surface area (TPSA) is 57.6 Å². The first kappa shape index (κ1) is 16.6. The average Bonchev–Trinajstić information content (AvgIpc) is 3.26. The summed E-state index contributed by atoms with van der Waals surface area (Å²) in [4.78, 5) is 25.8. The van der Waals surface area contributed by atoms with Crippen molar-refractivity contribution in [2.24, 2.45) is 11.8 Å². The number of carbonyl (C=O) groups excluding carboxylic acids is 1. The van der Waals surface area contributed by atoms with Crippen LogP contribution in [0.25, 0.3) is 0 Å². The fourth-order valence-electron chi connectivity index (χ4n) is 3.62. The fraction of sp³-hybridized carbons (Fsp3) is 0.529. The summed E-state index contributed by atoms with van der Waals surface area (Å²) in [6.07, 6.45) is 2.15. The van der Waals surface area contributed by atoms with Gasteiger partial charge in [-0.15, -0.1) is 0 Å². The third-order valence-electron chi connectivity index (χ3n) is 5.01. The number of hydrogen-bond donors (Lipinski definition) is 1. The number of hydrogen-bond acceptors (Lipinski definition) is 2. The molecule has 1 saturated carbocycles. The minimum atomic E-state index is -0.816. The summed E-state index contributed by atoms with van der Waals surface area (Å²) >= 11 is 12.1. The van der Waals surface area contributed by atoms with E-state index in [4.69, 9.17) is 23.2 Å². The van der Waals surface area contributed by atoms with Crippen molar-refractivity contribution in [2.45, 2.75) is 38.1 Å². The SMILES string of the molecule is C[C@@H]1[C@H](C(=O)O)CCCN1C(=O)C1CC1c1cc(Cl)cc(Cl)c1. The van der Waals surface area contributed by atoms with Crippen molar-refractivity contribution in [3.05, 3.63) is 33.8 Å². The molecule has 4 atom stereocenters. The van der Waals surface area contributed by atoms with Gasteiger partial charge in [0.05, 0.1) is 5.92 Å². The number of aliphatic carboxylic acids is 1. The van der Waals surface area contributed by atoms with Crippen LogP contribution in [-0.2, 0) is 9.59 Å². The molecule has 4 nitrogen and oxygen atoms in total. The van der Waals surface area contributed by atoms with E-state index in [9.17, 15) is 14.7 Å². The largest absolute Gasteiger partial charge is 0.481 e. The van der Waals surface area contributed by atoms with Gasteiger partial charge in [0.25, 0.3) is 0 Å². The maximum atomic E-state index is 12.8. The lowest BCUT2D eigenvalue weighted by atomic mass is 9.90. The van der Waals surface area contributed by atoms with Gasteiger partial charge in [-0.1, -0.05) is 23.2 Å². The third-order valence-corrected chi connectivity index (χ3v) is 5.45. The van der Waals surface area contributed by atoms with Gasteiger partial charge in [-0.05, 0) is 55.9 Å². The lowest BCUT2D eigenvalue weighted by Crippen LogP contribution is -2.49. The van der Waals surface area contributed by atoms with E-state index < -0.39 is 11.9 Å². The predicted molar refractivity (Wildman–Crippen MR) is 88.8 cm³/mol. The number of nitrogens with zero attached hydrogens (tertiary/aromatic N) is 1. The second kappa shape index (κ2) is 6.33. The number of carboxylic acid groups (broad SMARTS) is 1. The van der Waals surface area contributed by atoms with Gasteiger partial charge in [0.15, 0.2) is 0 Å². The molecule has 1 aliphatic heterocycles. The Morgan fingerprint density at radius 2 is 1.83 bits per heavy atom. The summed E-state index contributed by atoms with van der Waals surface area (Å²) in [5.74, 6) is -1.17. The van der Waals surface area contributed by atoms with Crippen LogP contribution < -0.4 is 0 Å². The summed E-state index contributed by atoms with van der Waals surface area (Å²) < 4.78 is 0. The summed E-state index contributed by atoms with van der Waals surface area (Å²) in [7, 11) is 0. The monoisotopic (exact) mass is 355 g/mol. The van der Waals surface area contributed by atoms with Crippen LogP contribution in [0.15, 0.2) is 18.2 Å². The Morgan fingerprint density at radius 1 is 1.17 bits per heavy atom. The number of benzene rings is 1. The van der Waals surface area contributed by atoms with Gasteiger partial charge in [0.2, 0.25) is 5.91 Å². The van der Waals surface area contributed by atoms with Gasteiger partial charge in [-0.2, -0.15) is 0 Å². The molecule has 2 unspecified atom stereocenters. The number of likely N-dealkylation sites (tertiary alicyclic amines) is 1. The molecule has 1 heterocycles. The van der Waals surface area contributed by atoms with Crippen LogP contribution in [0.4, 0.5) is 0 Å². The lowest BCUT2D eigenvalue weighted by Gasteiger charge is -2.37. The zero-order valence-electron chi connectivity index (χ0n) is 12.8. The number of rotatable bonds is 3. The van der Waals surface area contributed by atoms with Gasteiger partial charge >= 0.3 is 5.97 Å². The number of amides is 1. The maximum Gasteiger partial charge on any atom is 0.308 e. The minimum absolute atomic E-state index is 0.0598. The first-order valence-electron chi connectivity index (χ1n) is 7.87. The van der Waals surface area contributed by atoms with Crippen LogP contribution in [0.2, 0.25) is 10.0 Å². The average molecular weight is 356 g/mol. The van der Waals surface area contributed by atoms with E-state index in [2.05, 4.69) is 0 Å². The van der Waals surface area contributed by atoms with Crippen LogP contribution in [0.5, 0.6) is 0 Å². The maximum absolute atomic E-state index is 12.8. The molecule has 0 aromatic heterocycles. The van der Waals surface area contributed by atoms with Crippen LogP contribution >= 0.6 is 23.2 Å². The highest BCUT2D eigenvalue weighted by Gasteiger charge is 2.48. The van der Waals surface area contributed by atoms with Gasteiger partial charge in [0.1, 0.15) is 0 Å². The third kappa shape index (κ3) is 3.33. The Balaban J connectivity index is 1.71. The lowest BCUT2D eigenvalue weighted by molar-refractivity contribution is -0.149. The van der Waals surface area contributed by atoms with E-state index in [1.807, 2.05) is 19.1 Å². The number of carboxylic acids is 1. The van der Waals surface area contributed by atoms with E-state index >= 15 is 0 Å². The summed E-state index contributed by atoms with van der Waals surface area (Å²) in [6, 6.07) is 5.13. The van der Waals surface area contributed by atoms with Gasteiger partial charge < -0.3 is 10.0 Å². The van der Waals surface area contributed by atoms with Crippen molar-refractivity contribution >= 4 is 35.1 Å². The van der Waals surface area contributed by atoms with E-state index in [-0.39, 0.29) is 23.8 Å². The van der Waals surface area contributed by atoms with Crippen molar-refractivity contribution in [3.8, 4) is 0 Å². The molecule has 3 rings (SSSR count). The standard InChI is InChI=1S/C17H19Cl2NO3/c1-9-13(17(22)23)3-2-4-20(9)16(21)15-8-14(15)10-5-11(18)7-12(19)6-10/h5-7,9,13-15H,2-4,8H2,1H3,(H,22,23)/t9-,13-,14?,15?/m1/s1. The first-order chi connectivity index (χ1) is 10.9. The molecule has 6 heteroatoms. The van der Waals surface area contributed by atoms with Crippen molar-refractivity contribution in [3.63, 3.8) is 0 Å². The Morgan fingerprint density at radius 3 is 2.43 bits per heavy atom. The quantitative estimate of drug-likeness (QED) is 0.896. The Bertz CT molecular complexity index is 628. The Kier molecular flexibility index (Phi) is 4.56. The summed E-state index contributed by atoms with van der Waals surface area (Å²) in [5.41, 5.74) is 0.986. The van der Waals surface area contributed by atoms with Gasteiger partial charge in [-0.3, -0.25) is 9.59 Å². The Hall–Kier alpha value is -1.26. The van der Waals surface area contributed by atoms with Crippen molar-refractivity contribution in [2.75, 3.05) is 6.54 Å². The normalized spacial score (nSPS) is 30.1. The molecule has 2 aliphatic rings. The highest BCUT2D eigenvalue weighted by molar-refractivity contribution is 6.34. The first-order valence-corrected chi connectivity index (χ1v) is 8.63. The number of halogens is 2. The molecule has 1 saturated heterocycles. The van der Waals surface area contributed by atoms with E-state index in [1.54, 1.807) is 11.0 Å². The Labute approximate surface area is 145 Å². The second-order valence-corrected chi connectivity index (χ2v) is 7.38. The van der Waals surface area contributed by atoms with Crippen molar-refractivity contribution < 1.29 is 14.7 Å². The summed E-state index contributed by atoms with van der Waals surface area (Å²) in [5, 5.41) is 10.4. The molecule has 0 spiro atoms. The highest BCUT2D eigenvalue weighted by atomic mass is 35.5. The van der Waals surface area contributed by atoms with Gasteiger partial charge in [0, 0.05) is 28.5 Å². The zero-order chi connectivity index (χ0) is 16.7. The molecule has 23 heavy (non-hydrogen) atoms. The molecule has 2 fully saturated rings. The number of carbonyl (C=O) groups is 2. The van der Waals surface area contributed by atoms with Crippen molar-refractivity contribution in [1.82, 2.24) is 4.90 Å². The van der Waals surface area contributed by atoms with Crippen LogP contribution in [0.3, 0.4) is 0 Å². The van der Waals surface area contributed by atoms with Gasteiger partial charge in [-0.25, -0.2) is 0 Å². The van der Waals surface area contributed by atoms with Crippen LogP contribution in [0, 0.1) is 11.8 Å². The molecular weight excluding hydrogens is 337 g/mol. The molecule has 124 valence electrons. The van der Waals surface area contributed by atoms with E-state index in [0.29, 0.717) is 23.0 Å². The molecule has 1 aromatic carbocycles. The zero-order valence-corrected chi connectivity index (χ0v) is 14.3. The van der Waals surface area contributed by atoms with E-state index in [1.165, 1.54) is 0 Å². The van der Waals surface area contributed by atoms with Crippen LogP contribution in [0.1, 0.15) is 37.7 Å². The molecule has 1 amide bonds. The summed E-state index contributed by atoms with van der Waals surface area (Å²) in [6.45, 7) is 2.48. The highest BCUT2D eigenvalue weighted by Crippen LogP contribution is 2.50. The fourth-order valence-corrected chi connectivity index (χ4v) is 4.17. The molecular formula is C17H19Cl2NO3. The van der Waals surface area contributed by atoms with E-state index in [0.717, 1.165) is 18.4 Å². The second-order valence-electron chi connectivity index (χ2n) is 6.51. The minimum Gasteiger partial charge on any atom is -0.481 e. The van der Waals surface area contributed by atoms with Crippen molar-refractivity contribution in [1.29, 1.82) is 0 Å². The van der Waals surface area contributed by atoms with Crippen LogP contribution in [-0.4, -0.2) is 34.5 Å². The number of piperidine rings is 1. The smallest absolute Gasteiger partial charge is 0.308 e.